The van der Waals surface area contributed by atoms with Crippen LogP contribution in [0.3, 0.4) is 0 Å². The Morgan fingerprint density at radius 3 is 1.36 bits per heavy atom. The maximum Gasteiger partial charge on any atom is 0.397 e. The highest BCUT2D eigenvalue weighted by molar-refractivity contribution is 7.80. The van der Waals surface area contributed by atoms with Crippen molar-refractivity contribution in [3.8, 4) is 0 Å². The van der Waals surface area contributed by atoms with Crippen molar-refractivity contribution >= 4 is 16.3 Å². The number of allylic oxidation sites excluding steroid dienone is 1. The fraction of sp³-hybridized carbons (Fsp3) is 0.942. The molecule has 1 aliphatic heterocycles. The Labute approximate surface area is 403 Å². The van der Waals surface area contributed by atoms with Crippen LogP contribution >= 0.6 is 0 Å². The van der Waals surface area contributed by atoms with E-state index in [1.54, 1.807) is 6.08 Å². The third-order valence-electron chi connectivity index (χ3n) is 13.2. The molecule has 7 N–H and O–H groups in total. The normalized spacial score (nSPS) is 20.5. The van der Waals surface area contributed by atoms with Crippen LogP contribution in [-0.4, -0.2) is 107 Å². The molecule has 8 atom stereocenters. The molecule has 0 aromatic carbocycles. The monoisotopic (exact) mass is 964 g/mol. The molecule has 0 saturated carbocycles. The Kier molecular flexibility index (Phi) is 40.6. The van der Waals surface area contributed by atoms with Gasteiger partial charge in [-0.25, -0.2) is 4.18 Å². The van der Waals surface area contributed by atoms with Crippen LogP contribution in [0.25, 0.3) is 0 Å². The average Bonchev–Trinajstić information content (AvgIpc) is 3.29. The minimum atomic E-state index is -5.12. The van der Waals surface area contributed by atoms with Gasteiger partial charge >= 0.3 is 10.4 Å². The van der Waals surface area contributed by atoms with E-state index in [9.17, 15) is 43.3 Å². The second-order valence-corrected chi connectivity index (χ2v) is 20.4. The summed E-state index contributed by atoms with van der Waals surface area (Å²) < 4.78 is 47.7. The summed E-state index contributed by atoms with van der Waals surface area (Å²) >= 11 is 0. The van der Waals surface area contributed by atoms with Crippen LogP contribution in [0.1, 0.15) is 251 Å². The van der Waals surface area contributed by atoms with E-state index in [-0.39, 0.29) is 6.42 Å². The topological polar surface area (TPSA) is 212 Å². The molecule has 0 aromatic rings. The maximum absolute atomic E-state index is 13.2. The smallest absolute Gasteiger partial charge is 0.394 e. The van der Waals surface area contributed by atoms with E-state index in [4.69, 9.17) is 9.47 Å². The number of aliphatic hydroxyl groups is 5. The molecule has 14 heteroatoms. The quantitative estimate of drug-likeness (QED) is 0.0172. The van der Waals surface area contributed by atoms with Crippen LogP contribution < -0.4 is 5.32 Å². The van der Waals surface area contributed by atoms with E-state index in [1.807, 2.05) is 6.08 Å². The summed E-state index contributed by atoms with van der Waals surface area (Å²) in [6.07, 6.45) is 37.1. The summed E-state index contributed by atoms with van der Waals surface area (Å²) in [5, 5.41) is 55.4. The fourth-order valence-corrected chi connectivity index (χ4v) is 9.38. The average molecular weight is 964 g/mol. The molecular formula is C52H101NO12S. The molecule has 13 nitrogen and oxygen atoms in total. The van der Waals surface area contributed by atoms with Crippen LogP contribution in [0.4, 0.5) is 0 Å². The second-order valence-electron chi connectivity index (χ2n) is 19.3. The van der Waals surface area contributed by atoms with Crippen molar-refractivity contribution in [3.63, 3.8) is 0 Å². The molecule has 0 aliphatic carbocycles. The SMILES string of the molecule is CCCCCCCCCCCCCCCCCCCCC/C=C/C(O)C(COC1OC(CO)C(O)C(OS(=O)(=O)O)C1O)NC(=O)C(O)CCCCCCCCCCCCCCCCCC. The molecule has 0 spiro atoms. The molecular weight excluding hydrogens is 863 g/mol. The van der Waals surface area contributed by atoms with Crippen LogP contribution in [-0.2, 0) is 28.9 Å². The first kappa shape index (κ1) is 62.8. The van der Waals surface area contributed by atoms with Crippen molar-refractivity contribution in [2.45, 2.75) is 300 Å². The number of unbranched alkanes of at least 4 members (excludes halogenated alkanes) is 34. The predicted octanol–water partition coefficient (Wildman–Crippen LogP) is 10.9. The summed E-state index contributed by atoms with van der Waals surface area (Å²) in [6.45, 7) is 3.26. The van der Waals surface area contributed by atoms with Gasteiger partial charge in [-0.3, -0.25) is 9.35 Å². The third kappa shape index (κ3) is 34.2. The van der Waals surface area contributed by atoms with E-state index in [0.717, 1.165) is 38.5 Å². The molecule has 8 unspecified atom stereocenters. The zero-order chi connectivity index (χ0) is 48.5. The largest absolute Gasteiger partial charge is 0.397 e. The number of amides is 1. The molecule has 392 valence electrons. The van der Waals surface area contributed by atoms with Gasteiger partial charge in [0.1, 0.15) is 30.5 Å². The maximum atomic E-state index is 13.2. The lowest BCUT2D eigenvalue weighted by atomic mass is 9.99. The Morgan fingerprint density at radius 1 is 0.606 bits per heavy atom. The summed E-state index contributed by atoms with van der Waals surface area (Å²) in [4.78, 5) is 13.2. The molecule has 1 saturated heterocycles. The number of carbonyl (C=O) groups excluding carboxylic acids is 1. The van der Waals surface area contributed by atoms with Crippen LogP contribution in [0.15, 0.2) is 12.2 Å². The Bertz CT molecular complexity index is 1240. The van der Waals surface area contributed by atoms with E-state index < -0.39 is 78.5 Å². The summed E-state index contributed by atoms with van der Waals surface area (Å²) in [5.74, 6) is -0.697. The van der Waals surface area contributed by atoms with Gasteiger partial charge in [0.2, 0.25) is 5.91 Å². The minimum Gasteiger partial charge on any atom is -0.394 e. The molecule has 1 heterocycles. The number of aliphatic hydroxyl groups excluding tert-OH is 5. The van der Waals surface area contributed by atoms with E-state index in [1.165, 1.54) is 180 Å². The number of hydrogen-bond acceptors (Lipinski definition) is 11. The van der Waals surface area contributed by atoms with E-state index in [2.05, 4.69) is 23.3 Å². The number of ether oxygens (including phenoxy) is 2. The summed E-state index contributed by atoms with van der Waals surface area (Å²) in [6, 6.07) is -1.12. The number of hydrogen-bond donors (Lipinski definition) is 7. The number of rotatable bonds is 47. The zero-order valence-electron chi connectivity index (χ0n) is 41.9. The summed E-state index contributed by atoms with van der Waals surface area (Å²) in [5.41, 5.74) is 0. The molecule has 1 fully saturated rings. The Balaban J connectivity index is 2.48. The van der Waals surface area contributed by atoms with Gasteiger partial charge in [0, 0.05) is 0 Å². The van der Waals surface area contributed by atoms with Crippen molar-refractivity contribution in [2.24, 2.45) is 0 Å². The molecule has 66 heavy (non-hydrogen) atoms. The Morgan fingerprint density at radius 2 is 0.985 bits per heavy atom. The zero-order valence-corrected chi connectivity index (χ0v) is 42.7. The standard InChI is InChI=1S/C52H101NO12S/c1-3-5-7-9-11-13-15-17-19-21-22-23-24-25-27-28-30-32-34-36-38-40-45(55)44(43-63-52-49(58)50(65-66(60,61)62)48(57)47(42-54)64-52)53-51(59)46(56)41-39-37-35-33-31-29-26-20-18-16-14-12-10-8-6-4-2/h38,40,44-50,52,54-58H,3-37,39,41-43H2,1-2H3,(H,53,59)(H,60,61,62)/b40-38+. The van der Waals surface area contributed by atoms with Crippen molar-refractivity contribution in [2.75, 3.05) is 13.2 Å². The first-order valence-corrected chi connectivity index (χ1v) is 28.5. The van der Waals surface area contributed by atoms with E-state index >= 15 is 0 Å². The first-order chi connectivity index (χ1) is 31.9. The van der Waals surface area contributed by atoms with Gasteiger partial charge in [0.05, 0.1) is 25.4 Å². The van der Waals surface area contributed by atoms with Crippen molar-refractivity contribution < 1.29 is 57.0 Å². The number of nitrogens with one attached hydrogen (secondary N) is 1. The minimum absolute atomic E-state index is 0.248. The van der Waals surface area contributed by atoms with Crippen LogP contribution in [0.2, 0.25) is 0 Å². The van der Waals surface area contributed by atoms with Gasteiger partial charge in [-0.2, -0.15) is 8.42 Å². The molecule has 0 radical (unpaired) electrons. The van der Waals surface area contributed by atoms with Gasteiger partial charge in [0.25, 0.3) is 0 Å². The molecule has 1 rings (SSSR count). The lowest BCUT2D eigenvalue weighted by Crippen LogP contribution is -2.61. The fourth-order valence-electron chi connectivity index (χ4n) is 8.88. The lowest BCUT2D eigenvalue weighted by Gasteiger charge is -2.41. The van der Waals surface area contributed by atoms with Crippen LogP contribution in [0.5, 0.6) is 0 Å². The second kappa shape index (κ2) is 42.7. The van der Waals surface area contributed by atoms with E-state index in [0.29, 0.717) is 12.8 Å². The molecule has 1 aliphatic rings. The highest BCUT2D eigenvalue weighted by Crippen LogP contribution is 2.26. The van der Waals surface area contributed by atoms with Crippen molar-refractivity contribution in [1.82, 2.24) is 5.32 Å². The molecule has 0 aromatic heterocycles. The highest BCUT2D eigenvalue weighted by atomic mass is 32.3. The van der Waals surface area contributed by atoms with Gasteiger partial charge in [-0.15, -0.1) is 0 Å². The third-order valence-corrected chi connectivity index (χ3v) is 13.6. The van der Waals surface area contributed by atoms with Crippen molar-refractivity contribution in [1.29, 1.82) is 0 Å². The van der Waals surface area contributed by atoms with Crippen molar-refractivity contribution in [3.05, 3.63) is 12.2 Å². The Hall–Kier alpha value is -1.20. The number of carbonyl (C=O) groups is 1. The van der Waals surface area contributed by atoms with Gasteiger partial charge < -0.3 is 40.3 Å². The van der Waals surface area contributed by atoms with Gasteiger partial charge in [-0.1, -0.05) is 244 Å². The lowest BCUT2D eigenvalue weighted by molar-refractivity contribution is -0.298. The molecule has 0 bridgehead atoms. The highest BCUT2D eigenvalue weighted by Gasteiger charge is 2.48. The predicted molar refractivity (Wildman–Crippen MR) is 265 cm³/mol. The summed E-state index contributed by atoms with van der Waals surface area (Å²) in [7, 11) is -5.12. The molecule has 1 amide bonds. The van der Waals surface area contributed by atoms with Crippen LogP contribution in [0, 0.1) is 0 Å². The van der Waals surface area contributed by atoms with Gasteiger partial charge in [-0.05, 0) is 19.3 Å². The first-order valence-electron chi connectivity index (χ1n) is 27.2. The van der Waals surface area contributed by atoms with Gasteiger partial charge in [0.15, 0.2) is 6.29 Å².